The average Bonchev–Trinajstić information content (AvgIpc) is 2.83. The number of hydrogen-bond acceptors (Lipinski definition) is 5. The van der Waals surface area contributed by atoms with Gasteiger partial charge in [-0.25, -0.2) is 0 Å². The van der Waals surface area contributed by atoms with Crippen LogP contribution in [0.5, 0.6) is 0 Å². The van der Waals surface area contributed by atoms with E-state index in [4.69, 9.17) is 25.3 Å². The predicted molar refractivity (Wildman–Crippen MR) is 78.8 cm³/mol. The fourth-order valence-electron chi connectivity index (χ4n) is 2.87. The third kappa shape index (κ3) is 2.68. The Labute approximate surface area is 127 Å². The lowest BCUT2D eigenvalue weighted by atomic mass is 9.83. The van der Waals surface area contributed by atoms with Crippen molar-refractivity contribution in [3.8, 4) is 0 Å². The minimum atomic E-state index is -1.08. The quantitative estimate of drug-likeness (QED) is 0.335. The third-order valence-corrected chi connectivity index (χ3v) is 3.78. The Morgan fingerprint density at radius 1 is 1.18 bits per heavy atom. The molecule has 0 aliphatic carbocycles. The van der Waals surface area contributed by atoms with Crippen LogP contribution in [0.1, 0.15) is 13.8 Å². The lowest BCUT2D eigenvalue weighted by Gasteiger charge is -2.46. The molecule has 2 aliphatic rings. The zero-order valence-electron chi connectivity index (χ0n) is 12.5. The van der Waals surface area contributed by atoms with E-state index in [0.717, 1.165) is 0 Å². The van der Waals surface area contributed by atoms with Crippen LogP contribution in [-0.4, -0.2) is 42.3 Å². The minimum Gasteiger partial charge on any atom is -0.360 e. The van der Waals surface area contributed by atoms with Gasteiger partial charge < -0.3 is 14.2 Å². The van der Waals surface area contributed by atoms with Gasteiger partial charge in [0.15, 0.2) is 5.79 Å². The molecule has 2 fully saturated rings. The van der Waals surface area contributed by atoms with Crippen LogP contribution in [0.4, 0.5) is 0 Å². The fraction of sp³-hybridized carbons (Fsp3) is 0.692. The molecule has 5 atom stereocenters. The van der Waals surface area contributed by atoms with E-state index in [1.807, 2.05) is 0 Å². The Bertz CT molecular complexity index is 566. The van der Waals surface area contributed by atoms with Crippen molar-refractivity contribution in [3.05, 3.63) is 46.2 Å². The third-order valence-electron chi connectivity index (χ3n) is 3.78. The molecule has 2 rings (SSSR count). The van der Waals surface area contributed by atoms with Crippen molar-refractivity contribution in [2.45, 2.75) is 49.6 Å². The standard InChI is InChI=1S/C13H18N6O3/c1-5-8-9(17-19-15)10-11(22-12(3,4)21-10)13(6-2,20-8)7-16-18-14/h5-6,8-11H,1-2,7H2,3-4H3. The van der Waals surface area contributed by atoms with Crippen molar-refractivity contribution in [2.75, 3.05) is 6.54 Å². The topological polar surface area (TPSA) is 125 Å². The summed E-state index contributed by atoms with van der Waals surface area (Å²) in [5.74, 6) is -0.886. The van der Waals surface area contributed by atoms with Crippen LogP contribution in [0.3, 0.4) is 0 Å². The maximum atomic E-state index is 8.80. The molecule has 0 N–H and O–H groups in total. The van der Waals surface area contributed by atoms with Crippen LogP contribution >= 0.6 is 0 Å². The summed E-state index contributed by atoms with van der Waals surface area (Å²) in [6.07, 6.45) is 1.28. The van der Waals surface area contributed by atoms with Crippen molar-refractivity contribution in [3.63, 3.8) is 0 Å². The molecule has 0 amide bonds. The second-order valence-corrected chi connectivity index (χ2v) is 5.58. The minimum absolute atomic E-state index is 0.0130. The molecule has 0 bridgehead atoms. The molecular weight excluding hydrogens is 288 g/mol. The van der Waals surface area contributed by atoms with Crippen LogP contribution in [0.2, 0.25) is 0 Å². The molecule has 0 saturated carbocycles. The highest BCUT2D eigenvalue weighted by Gasteiger charge is 2.59. The summed E-state index contributed by atoms with van der Waals surface area (Å²) in [7, 11) is 0. The largest absolute Gasteiger partial charge is 0.360 e. The smallest absolute Gasteiger partial charge is 0.163 e. The van der Waals surface area contributed by atoms with Gasteiger partial charge in [0.25, 0.3) is 0 Å². The van der Waals surface area contributed by atoms with Crippen LogP contribution < -0.4 is 0 Å². The molecule has 0 spiro atoms. The van der Waals surface area contributed by atoms with E-state index < -0.39 is 35.7 Å². The number of fused-ring (bicyclic) bond motifs is 1. The normalized spacial score (nSPS) is 39.0. The van der Waals surface area contributed by atoms with E-state index in [2.05, 4.69) is 33.2 Å². The van der Waals surface area contributed by atoms with Crippen LogP contribution in [0.25, 0.3) is 20.9 Å². The lowest BCUT2D eigenvalue weighted by Crippen LogP contribution is -2.62. The summed E-state index contributed by atoms with van der Waals surface area (Å²) in [5, 5.41) is 7.36. The van der Waals surface area contributed by atoms with E-state index >= 15 is 0 Å². The van der Waals surface area contributed by atoms with Crippen LogP contribution in [0, 0.1) is 0 Å². The monoisotopic (exact) mass is 306 g/mol. The lowest BCUT2D eigenvalue weighted by molar-refractivity contribution is -0.177. The summed E-state index contributed by atoms with van der Waals surface area (Å²) in [6, 6.07) is -0.631. The SMILES string of the molecule is C=CC1OC(C=C)(CN=[N+]=[N-])C2OC(C)(C)OC2C1N=[N+]=[N-]. The molecule has 9 heteroatoms. The Morgan fingerprint density at radius 2 is 1.91 bits per heavy atom. The number of hydrogen-bond donors (Lipinski definition) is 0. The highest BCUT2D eigenvalue weighted by molar-refractivity contribution is 5.18. The van der Waals surface area contributed by atoms with Gasteiger partial charge in [-0.1, -0.05) is 22.4 Å². The molecule has 2 heterocycles. The maximum absolute atomic E-state index is 8.80. The fourth-order valence-corrected chi connectivity index (χ4v) is 2.87. The molecule has 0 radical (unpaired) electrons. The molecule has 0 aromatic carbocycles. The predicted octanol–water partition coefficient (Wildman–Crippen LogP) is 3.01. The first-order chi connectivity index (χ1) is 10.4. The first-order valence-corrected chi connectivity index (χ1v) is 6.77. The van der Waals surface area contributed by atoms with Gasteiger partial charge >= 0.3 is 0 Å². The number of ether oxygens (including phenoxy) is 3. The highest BCUT2D eigenvalue weighted by Crippen LogP contribution is 2.44. The number of rotatable bonds is 5. The van der Waals surface area contributed by atoms with Gasteiger partial charge in [-0.15, -0.1) is 13.2 Å². The molecule has 118 valence electrons. The first kappa shape index (κ1) is 16.4. The van der Waals surface area contributed by atoms with Crippen molar-refractivity contribution in [2.24, 2.45) is 10.2 Å². The molecule has 22 heavy (non-hydrogen) atoms. The van der Waals surface area contributed by atoms with Crippen molar-refractivity contribution in [1.82, 2.24) is 0 Å². The summed E-state index contributed by atoms with van der Waals surface area (Å²) in [4.78, 5) is 5.63. The van der Waals surface area contributed by atoms with Crippen LogP contribution in [-0.2, 0) is 14.2 Å². The number of nitrogens with zero attached hydrogens (tertiary/aromatic N) is 6. The van der Waals surface area contributed by atoms with Crippen LogP contribution in [0.15, 0.2) is 35.5 Å². The second kappa shape index (κ2) is 6.00. The van der Waals surface area contributed by atoms with Gasteiger partial charge in [0.1, 0.15) is 17.8 Å². The Hall–Kier alpha value is -2.02. The molecule has 5 unspecified atom stereocenters. The van der Waals surface area contributed by atoms with Gasteiger partial charge in [-0.3, -0.25) is 0 Å². The zero-order valence-corrected chi connectivity index (χ0v) is 12.5. The first-order valence-electron chi connectivity index (χ1n) is 6.77. The van der Waals surface area contributed by atoms with E-state index in [9.17, 15) is 0 Å². The molecule has 2 saturated heterocycles. The molecular formula is C13H18N6O3. The summed E-state index contributed by atoms with van der Waals surface area (Å²) in [6.45, 7) is 11.0. The molecule has 0 aromatic heterocycles. The van der Waals surface area contributed by atoms with E-state index in [1.54, 1.807) is 13.8 Å². The van der Waals surface area contributed by atoms with Gasteiger partial charge in [-0.05, 0) is 24.9 Å². The Balaban J connectivity index is 2.49. The van der Waals surface area contributed by atoms with Crippen molar-refractivity contribution < 1.29 is 14.2 Å². The summed E-state index contributed by atoms with van der Waals surface area (Å²) < 4.78 is 17.8. The molecule has 2 aliphatic heterocycles. The maximum Gasteiger partial charge on any atom is 0.163 e. The van der Waals surface area contributed by atoms with Crippen molar-refractivity contribution in [1.29, 1.82) is 0 Å². The van der Waals surface area contributed by atoms with Gasteiger partial charge in [0.2, 0.25) is 0 Å². The van der Waals surface area contributed by atoms with Gasteiger partial charge in [0.05, 0.1) is 18.7 Å². The van der Waals surface area contributed by atoms with E-state index in [-0.39, 0.29) is 6.54 Å². The Morgan fingerprint density at radius 3 is 2.45 bits per heavy atom. The van der Waals surface area contributed by atoms with Gasteiger partial charge in [-0.2, -0.15) is 0 Å². The Kier molecular flexibility index (Phi) is 4.46. The highest BCUT2D eigenvalue weighted by atomic mass is 16.8. The second-order valence-electron chi connectivity index (χ2n) is 5.58. The van der Waals surface area contributed by atoms with E-state index in [0.29, 0.717) is 0 Å². The van der Waals surface area contributed by atoms with Crippen molar-refractivity contribution >= 4 is 0 Å². The zero-order chi connectivity index (χ0) is 16.4. The molecule has 9 nitrogen and oxygen atoms in total. The summed E-state index contributed by atoms with van der Waals surface area (Å²) >= 11 is 0. The average molecular weight is 306 g/mol. The summed E-state index contributed by atoms with van der Waals surface area (Å²) in [5.41, 5.74) is 16.3. The van der Waals surface area contributed by atoms with E-state index in [1.165, 1.54) is 12.2 Å². The number of azide groups is 2. The molecule has 0 aromatic rings. The van der Waals surface area contributed by atoms with Gasteiger partial charge in [0, 0.05) is 9.82 Å².